The molecule has 1 atom stereocenters. The molecule has 2 heterocycles. The Bertz CT molecular complexity index is 2090. The van der Waals surface area contributed by atoms with E-state index < -0.39 is 23.7 Å². The number of hydrogen-bond acceptors (Lipinski definition) is 11. The number of hydrogen-bond donors (Lipinski definition) is 2. The fourth-order valence-corrected chi connectivity index (χ4v) is 5.03. The first-order valence-corrected chi connectivity index (χ1v) is 16.7. The molecule has 0 saturated heterocycles. The summed E-state index contributed by atoms with van der Waals surface area (Å²) in [5.41, 5.74) is 0.641. The molecule has 2 aromatic heterocycles. The smallest absolute Gasteiger partial charge is 0.417 e. The number of benzene rings is 3. The summed E-state index contributed by atoms with van der Waals surface area (Å²) < 4.78 is 38.4. The molecule has 0 bridgehead atoms. The maximum absolute atomic E-state index is 15.0. The van der Waals surface area contributed by atoms with E-state index in [1.54, 1.807) is 50.4 Å². The van der Waals surface area contributed by atoms with Gasteiger partial charge in [0.15, 0.2) is 5.71 Å². The Balaban J connectivity index is 0.000000252. The van der Waals surface area contributed by atoms with Crippen molar-refractivity contribution in [2.24, 2.45) is 10.6 Å². The van der Waals surface area contributed by atoms with Crippen molar-refractivity contribution in [2.75, 3.05) is 27.9 Å². The molecule has 14 nitrogen and oxygen atoms in total. The molecule has 1 unspecified atom stereocenters. The largest absolute Gasteiger partial charge is 0.497 e. The third-order valence-electron chi connectivity index (χ3n) is 7.83. The Morgan fingerprint density at radius 3 is 2.19 bits per heavy atom. The highest BCUT2D eigenvalue weighted by molar-refractivity contribution is 6.45. The number of carbonyl (C=O) groups excluding carboxylic acids is 1. The number of amides is 1. The zero-order valence-electron chi connectivity index (χ0n) is 30.7. The minimum atomic E-state index is -1.05. The zero-order chi connectivity index (χ0) is 39.4. The lowest BCUT2D eigenvalue weighted by Crippen LogP contribution is -2.29. The predicted octanol–water partition coefficient (Wildman–Crippen LogP) is 7.89. The number of rotatable bonds is 12. The average Bonchev–Trinajstić information content (AvgIpc) is 3.64. The van der Waals surface area contributed by atoms with Gasteiger partial charge in [-0.3, -0.25) is 4.79 Å². The first-order valence-electron chi connectivity index (χ1n) is 16.4. The van der Waals surface area contributed by atoms with Crippen LogP contribution in [0.1, 0.15) is 43.6 Å². The molecule has 0 fully saturated rings. The molecule has 0 aliphatic carbocycles. The summed E-state index contributed by atoms with van der Waals surface area (Å²) in [6.45, 7) is 8.18. The van der Waals surface area contributed by atoms with Gasteiger partial charge in [0.1, 0.15) is 42.3 Å². The highest BCUT2D eigenvalue weighted by atomic mass is 35.5. The molecule has 0 saturated carbocycles. The molecule has 2 N–H and O–H groups in total. The van der Waals surface area contributed by atoms with E-state index in [0.29, 0.717) is 34.5 Å². The fourth-order valence-electron chi connectivity index (χ4n) is 4.86. The van der Waals surface area contributed by atoms with E-state index in [0.717, 1.165) is 16.6 Å². The van der Waals surface area contributed by atoms with E-state index in [2.05, 4.69) is 25.4 Å². The van der Waals surface area contributed by atoms with Crippen molar-refractivity contribution in [1.82, 2.24) is 24.8 Å². The van der Waals surface area contributed by atoms with Gasteiger partial charge in [0.05, 0.1) is 25.2 Å². The Morgan fingerprint density at radius 1 is 0.944 bits per heavy atom. The number of carboxylic acid groups (broad SMARTS) is 1. The van der Waals surface area contributed by atoms with E-state index in [-0.39, 0.29) is 34.2 Å². The van der Waals surface area contributed by atoms with Crippen LogP contribution in [0, 0.1) is 18.2 Å². The van der Waals surface area contributed by atoms with Crippen LogP contribution in [0.5, 0.6) is 34.8 Å². The minimum Gasteiger partial charge on any atom is -0.497 e. The molecular weight excluding hydrogens is 723 g/mol. The lowest BCUT2D eigenvalue weighted by Gasteiger charge is -2.30. The van der Waals surface area contributed by atoms with Crippen LogP contribution in [0.3, 0.4) is 0 Å². The summed E-state index contributed by atoms with van der Waals surface area (Å²) in [6, 6.07) is 18.7. The van der Waals surface area contributed by atoms with E-state index in [1.165, 1.54) is 32.6 Å². The predicted molar refractivity (Wildman–Crippen MR) is 199 cm³/mol. The SMILES string of the molecule is CNC(=O)/C(=N\OC)c1ccccc1Oc1ncnc(Oc2cccc(Cl)c2C)c1F.COc1ccc(OCC(c2nccn2C(=O)O)C(C)(C)C)cc1. The van der Waals surface area contributed by atoms with Crippen LogP contribution < -0.4 is 24.3 Å². The summed E-state index contributed by atoms with van der Waals surface area (Å²) >= 11 is 6.08. The van der Waals surface area contributed by atoms with Crippen LogP contribution in [0.15, 0.2) is 90.6 Å². The Kier molecular flexibility index (Phi) is 13.9. The molecule has 0 spiro atoms. The van der Waals surface area contributed by atoms with Crippen molar-refractivity contribution < 1.29 is 42.9 Å². The third-order valence-corrected chi connectivity index (χ3v) is 8.24. The average molecular weight is 763 g/mol. The number of para-hydroxylation sites is 1. The quantitative estimate of drug-likeness (QED) is 0.0937. The lowest BCUT2D eigenvalue weighted by atomic mass is 9.80. The topological polar surface area (TPSA) is 169 Å². The molecular formula is C38H40ClFN6O8. The molecule has 0 aliphatic heterocycles. The number of halogens is 2. The zero-order valence-corrected chi connectivity index (χ0v) is 31.4. The molecule has 5 rings (SSSR count). The normalized spacial score (nSPS) is 11.8. The van der Waals surface area contributed by atoms with Gasteiger partial charge in [0.2, 0.25) is 5.82 Å². The number of oxime groups is 1. The van der Waals surface area contributed by atoms with Gasteiger partial charge >= 0.3 is 6.09 Å². The van der Waals surface area contributed by atoms with Crippen molar-refractivity contribution in [1.29, 1.82) is 0 Å². The van der Waals surface area contributed by atoms with Gasteiger partial charge < -0.3 is 34.2 Å². The number of methoxy groups -OCH3 is 1. The summed E-state index contributed by atoms with van der Waals surface area (Å²) in [6.07, 6.45) is 3.00. The van der Waals surface area contributed by atoms with Crippen LogP contribution in [-0.4, -0.2) is 70.2 Å². The van der Waals surface area contributed by atoms with Crippen molar-refractivity contribution in [3.8, 4) is 34.8 Å². The van der Waals surface area contributed by atoms with Crippen molar-refractivity contribution >= 4 is 29.3 Å². The first-order chi connectivity index (χ1) is 25.8. The van der Waals surface area contributed by atoms with Gasteiger partial charge in [-0.05, 0) is 60.9 Å². The number of ether oxygens (including phenoxy) is 4. The van der Waals surface area contributed by atoms with E-state index >= 15 is 4.39 Å². The van der Waals surface area contributed by atoms with E-state index in [1.807, 2.05) is 45.0 Å². The number of likely N-dealkylation sites (N-methyl/N-ethyl adjacent to an activating group) is 1. The summed E-state index contributed by atoms with van der Waals surface area (Å²) in [7, 11) is 4.36. The Labute approximate surface area is 316 Å². The molecule has 1 amide bonds. The maximum Gasteiger partial charge on any atom is 0.417 e. The van der Waals surface area contributed by atoms with E-state index in [9.17, 15) is 14.7 Å². The number of carbonyl (C=O) groups is 2. The lowest BCUT2D eigenvalue weighted by molar-refractivity contribution is -0.114. The van der Waals surface area contributed by atoms with Crippen LogP contribution >= 0.6 is 11.6 Å². The Morgan fingerprint density at radius 2 is 1.57 bits per heavy atom. The Hall–Kier alpha value is -6.22. The van der Waals surface area contributed by atoms with Gasteiger partial charge in [-0.1, -0.05) is 55.7 Å². The van der Waals surface area contributed by atoms with E-state index in [4.69, 9.17) is 35.4 Å². The highest BCUT2D eigenvalue weighted by Gasteiger charge is 2.32. The minimum absolute atomic E-state index is 0.0545. The third kappa shape index (κ3) is 10.2. The van der Waals surface area contributed by atoms with Crippen LogP contribution in [0.4, 0.5) is 9.18 Å². The molecule has 284 valence electrons. The van der Waals surface area contributed by atoms with Crippen LogP contribution in [0.25, 0.3) is 0 Å². The monoisotopic (exact) mass is 762 g/mol. The maximum atomic E-state index is 15.0. The van der Waals surface area contributed by atoms with Crippen molar-refractivity contribution in [3.05, 3.63) is 113 Å². The number of aromatic nitrogens is 4. The summed E-state index contributed by atoms with van der Waals surface area (Å²) in [4.78, 5) is 40.2. The summed E-state index contributed by atoms with van der Waals surface area (Å²) in [5, 5.41) is 16.0. The number of imidazole rings is 1. The van der Waals surface area contributed by atoms with Gasteiger partial charge in [-0.15, -0.1) is 0 Å². The van der Waals surface area contributed by atoms with Crippen LogP contribution in [0.2, 0.25) is 5.02 Å². The molecule has 54 heavy (non-hydrogen) atoms. The van der Waals surface area contributed by atoms with Gasteiger partial charge in [0.25, 0.3) is 17.7 Å². The fraction of sp³-hybridized carbons (Fsp3) is 0.263. The second-order valence-electron chi connectivity index (χ2n) is 12.4. The van der Waals surface area contributed by atoms with Gasteiger partial charge in [-0.2, -0.15) is 14.4 Å². The molecule has 0 aliphatic rings. The van der Waals surface area contributed by atoms with Gasteiger partial charge in [-0.25, -0.2) is 14.3 Å². The summed E-state index contributed by atoms with van der Waals surface area (Å²) in [5.74, 6) is 0.0582. The molecule has 3 aromatic carbocycles. The number of nitrogens with one attached hydrogen (secondary N) is 1. The molecule has 5 aromatic rings. The van der Waals surface area contributed by atoms with Crippen molar-refractivity contribution in [3.63, 3.8) is 0 Å². The number of nitrogens with zero attached hydrogens (tertiary/aromatic N) is 5. The van der Waals surface area contributed by atoms with Crippen molar-refractivity contribution in [2.45, 2.75) is 33.6 Å². The molecule has 16 heteroatoms. The second kappa shape index (κ2) is 18.5. The standard InChI is InChI=1S/C21H18ClFN4O4.C17H22N2O4/c1-12-14(22)8-6-10-15(12)30-20-17(23)21(26-11-25-20)31-16-9-5-4-7-13(16)18(27-29-3)19(28)24-2;1-17(2,3)14(15-18-9-10-19(15)16(20)21)11-23-13-7-5-12(22-4)6-8-13/h4-11H,1-3H3,(H,24,28);5-10,14H,11H2,1-4H3,(H,20,21)/b27-18-;. The highest BCUT2D eigenvalue weighted by Crippen LogP contribution is 2.36. The van der Waals surface area contributed by atoms with Crippen LogP contribution in [-0.2, 0) is 9.63 Å². The first kappa shape index (κ1) is 40.5. The van der Waals surface area contributed by atoms with Gasteiger partial charge in [0, 0.05) is 30.0 Å². The molecule has 0 radical (unpaired) electrons. The second-order valence-corrected chi connectivity index (χ2v) is 12.8.